The molecule has 0 saturated carbocycles. The summed E-state index contributed by atoms with van der Waals surface area (Å²) in [6.45, 7) is 2.21. The molecule has 0 spiro atoms. The average Bonchev–Trinajstić information content (AvgIpc) is 2.62. The number of nitrogens with zero attached hydrogens (tertiary/aromatic N) is 1. The van der Waals surface area contributed by atoms with Gasteiger partial charge in [0, 0.05) is 17.1 Å². The van der Waals surface area contributed by atoms with Crippen LogP contribution in [0.4, 0.5) is 14.5 Å². The van der Waals surface area contributed by atoms with Crippen molar-refractivity contribution >= 4 is 33.4 Å². The molecule has 2 rings (SSSR count). The summed E-state index contributed by atoms with van der Waals surface area (Å²) >= 11 is 3.03. The normalized spacial score (nSPS) is 18.8. The molecule has 2 amide bonds. The molecule has 1 aromatic carbocycles. The van der Waals surface area contributed by atoms with Gasteiger partial charge in [-0.25, -0.2) is 8.78 Å². The van der Waals surface area contributed by atoms with E-state index in [1.54, 1.807) is 0 Å². The molecule has 1 unspecified atom stereocenters. The number of benzene rings is 1. The van der Waals surface area contributed by atoms with E-state index in [1.165, 1.54) is 0 Å². The van der Waals surface area contributed by atoms with Gasteiger partial charge >= 0.3 is 0 Å². The third kappa shape index (κ3) is 2.82. The third-order valence-electron chi connectivity index (χ3n) is 3.02. The molecular weight excluding hydrogens is 334 g/mol. The van der Waals surface area contributed by atoms with Crippen molar-refractivity contribution in [3.8, 4) is 0 Å². The van der Waals surface area contributed by atoms with Gasteiger partial charge in [0.2, 0.25) is 5.91 Å². The van der Waals surface area contributed by atoms with E-state index in [0.29, 0.717) is 13.0 Å². The van der Waals surface area contributed by atoms with Gasteiger partial charge in [-0.3, -0.25) is 14.5 Å². The van der Waals surface area contributed by atoms with Crippen LogP contribution in [0.3, 0.4) is 0 Å². The van der Waals surface area contributed by atoms with Gasteiger partial charge in [0.1, 0.15) is 17.7 Å². The minimum atomic E-state index is -0.815. The maximum Gasteiger partial charge on any atom is 0.252 e. The smallest absolute Gasteiger partial charge is 0.252 e. The maximum absolute atomic E-state index is 13.7. The Kier molecular flexibility index (Phi) is 4.37. The molecule has 1 heterocycles. The van der Waals surface area contributed by atoms with Crippen molar-refractivity contribution in [1.29, 1.82) is 0 Å². The second-order valence-electron chi connectivity index (χ2n) is 4.53. The Bertz CT molecular complexity index is 542. The quantitative estimate of drug-likeness (QED) is 0.852. The fourth-order valence-corrected chi connectivity index (χ4v) is 2.63. The van der Waals surface area contributed by atoms with Crippen LogP contribution in [0, 0.1) is 11.6 Å². The fraction of sp³-hybridized carbons (Fsp3) is 0.385. The molecule has 1 saturated heterocycles. The largest absolute Gasteiger partial charge is 0.370 e. The van der Waals surface area contributed by atoms with Crippen molar-refractivity contribution in [3.05, 3.63) is 28.2 Å². The first-order valence-electron chi connectivity index (χ1n) is 6.19. The average molecular weight is 347 g/mol. The Labute approximate surface area is 123 Å². The number of hydrogen-bond donors (Lipinski definition) is 1. The van der Waals surface area contributed by atoms with Crippen LogP contribution in [0.1, 0.15) is 19.8 Å². The Hall–Kier alpha value is -1.50. The summed E-state index contributed by atoms with van der Waals surface area (Å²) in [5.74, 6) is -2.20. The number of carbonyl (C=O) groups is 2. The van der Waals surface area contributed by atoms with Gasteiger partial charge in [-0.2, -0.15) is 0 Å². The predicted octanol–water partition coefficient (Wildman–Crippen LogP) is 2.68. The lowest BCUT2D eigenvalue weighted by Crippen LogP contribution is -2.35. The predicted molar refractivity (Wildman–Crippen MR) is 73.1 cm³/mol. The number of hydrogen-bond acceptors (Lipinski definition) is 3. The molecule has 1 atom stereocenters. The summed E-state index contributed by atoms with van der Waals surface area (Å²) < 4.78 is 26.9. The highest BCUT2D eigenvalue weighted by Crippen LogP contribution is 2.29. The first-order chi connectivity index (χ1) is 9.43. The minimum Gasteiger partial charge on any atom is -0.370 e. The first-order valence-corrected chi connectivity index (χ1v) is 6.98. The second-order valence-corrected chi connectivity index (χ2v) is 5.38. The molecule has 4 nitrogen and oxygen atoms in total. The first kappa shape index (κ1) is 14.9. The molecular formula is C13H13BrF2N2O2. The number of rotatable bonds is 4. The highest BCUT2D eigenvalue weighted by atomic mass is 79.9. The molecule has 20 heavy (non-hydrogen) atoms. The lowest BCUT2D eigenvalue weighted by molar-refractivity contribution is -0.138. The van der Waals surface area contributed by atoms with E-state index in [9.17, 15) is 18.4 Å². The van der Waals surface area contributed by atoms with Crippen LogP contribution in [-0.4, -0.2) is 29.3 Å². The van der Waals surface area contributed by atoms with Crippen LogP contribution >= 0.6 is 15.9 Å². The van der Waals surface area contributed by atoms with Crippen molar-refractivity contribution in [2.24, 2.45) is 0 Å². The molecule has 1 aromatic rings. The molecule has 0 aliphatic carbocycles. The van der Waals surface area contributed by atoms with E-state index in [0.717, 1.165) is 17.0 Å². The number of amides is 2. The van der Waals surface area contributed by atoms with Gasteiger partial charge in [0.25, 0.3) is 5.91 Å². The van der Waals surface area contributed by atoms with Crippen molar-refractivity contribution in [2.45, 2.75) is 25.8 Å². The number of imide groups is 1. The minimum absolute atomic E-state index is 0.0177. The number of likely N-dealkylation sites (tertiary alicyclic amines) is 1. The van der Waals surface area contributed by atoms with Gasteiger partial charge in [-0.05, 0) is 28.4 Å². The number of carbonyl (C=O) groups excluding carboxylic acids is 2. The monoisotopic (exact) mass is 346 g/mol. The van der Waals surface area contributed by atoms with Gasteiger partial charge in [-0.1, -0.05) is 6.92 Å². The van der Waals surface area contributed by atoms with Crippen molar-refractivity contribution in [1.82, 2.24) is 4.90 Å². The zero-order chi connectivity index (χ0) is 14.9. The van der Waals surface area contributed by atoms with Gasteiger partial charge in [-0.15, -0.1) is 0 Å². The van der Waals surface area contributed by atoms with E-state index in [-0.39, 0.29) is 28.4 Å². The van der Waals surface area contributed by atoms with E-state index in [1.807, 2.05) is 6.92 Å². The summed E-state index contributed by atoms with van der Waals surface area (Å²) in [5.41, 5.74) is -0.0177. The SMILES string of the molecule is CCCN1C(=O)CC(Nc2c(F)cc(F)cc2Br)C1=O. The molecule has 1 N–H and O–H groups in total. The highest BCUT2D eigenvalue weighted by molar-refractivity contribution is 9.10. The number of nitrogens with one attached hydrogen (secondary N) is 1. The van der Waals surface area contributed by atoms with Crippen molar-refractivity contribution < 1.29 is 18.4 Å². The number of anilines is 1. The van der Waals surface area contributed by atoms with E-state index in [4.69, 9.17) is 0 Å². The summed E-state index contributed by atoms with van der Waals surface area (Å²) in [6, 6.07) is 1.000. The van der Waals surface area contributed by atoms with E-state index in [2.05, 4.69) is 21.2 Å². The van der Waals surface area contributed by atoms with E-state index < -0.39 is 17.7 Å². The maximum atomic E-state index is 13.7. The Morgan fingerprint density at radius 3 is 2.70 bits per heavy atom. The van der Waals surface area contributed by atoms with Gasteiger partial charge in [0.05, 0.1) is 12.1 Å². The zero-order valence-corrected chi connectivity index (χ0v) is 12.3. The summed E-state index contributed by atoms with van der Waals surface area (Å²) in [6.07, 6.45) is 0.640. The molecule has 108 valence electrons. The van der Waals surface area contributed by atoms with Crippen LogP contribution in [0.25, 0.3) is 0 Å². The van der Waals surface area contributed by atoms with Gasteiger partial charge < -0.3 is 5.32 Å². The number of halogens is 3. The van der Waals surface area contributed by atoms with Crippen LogP contribution < -0.4 is 5.32 Å². The molecule has 7 heteroatoms. The second kappa shape index (κ2) is 5.87. The Morgan fingerprint density at radius 1 is 1.40 bits per heavy atom. The summed E-state index contributed by atoms with van der Waals surface area (Å²) in [7, 11) is 0. The fourth-order valence-electron chi connectivity index (χ4n) is 2.11. The lowest BCUT2D eigenvalue weighted by atomic mass is 10.2. The van der Waals surface area contributed by atoms with Crippen LogP contribution in [0.15, 0.2) is 16.6 Å². The van der Waals surface area contributed by atoms with Crippen LogP contribution in [0.2, 0.25) is 0 Å². The molecule has 0 aromatic heterocycles. The van der Waals surface area contributed by atoms with Crippen LogP contribution in [0.5, 0.6) is 0 Å². The zero-order valence-electron chi connectivity index (χ0n) is 10.8. The van der Waals surface area contributed by atoms with Crippen molar-refractivity contribution in [3.63, 3.8) is 0 Å². The van der Waals surface area contributed by atoms with Gasteiger partial charge in [0.15, 0.2) is 0 Å². The molecule has 1 fully saturated rings. The van der Waals surface area contributed by atoms with Crippen LogP contribution in [-0.2, 0) is 9.59 Å². The summed E-state index contributed by atoms with van der Waals surface area (Å²) in [4.78, 5) is 24.9. The third-order valence-corrected chi connectivity index (χ3v) is 3.64. The summed E-state index contributed by atoms with van der Waals surface area (Å²) in [5, 5.41) is 2.67. The molecule has 0 radical (unpaired) electrons. The topological polar surface area (TPSA) is 49.4 Å². The van der Waals surface area contributed by atoms with E-state index >= 15 is 0 Å². The molecule has 0 bridgehead atoms. The molecule has 1 aliphatic heterocycles. The standard InChI is InChI=1S/C13H13BrF2N2O2/c1-2-3-18-11(19)6-10(13(18)20)17-12-8(14)4-7(15)5-9(12)16/h4-5,10,17H,2-3,6H2,1H3. The molecule has 1 aliphatic rings. The Balaban J connectivity index is 2.20. The lowest BCUT2D eigenvalue weighted by Gasteiger charge is -2.16. The highest BCUT2D eigenvalue weighted by Gasteiger charge is 2.38. The van der Waals surface area contributed by atoms with Crippen molar-refractivity contribution in [2.75, 3.05) is 11.9 Å². The Morgan fingerprint density at radius 2 is 2.10 bits per heavy atom.